The van der Waals surface area contributed by atoms with Crippen LogP contribution in [-0.4, -0.2) is 52.1 Å². The number of hydrogen-bond acceptors (Lipinski definition) is 7. The Morgan fingerprint density at radius 3 is 2.51 bits per heavy atom. The summed E-state index contributed by atoms with van der Waals surface area (Å²) in [6, 6.07) is 13.0. The highest BCUT2D eigenvalue weighted by Gasteiger charge is 2.22. The van der Waals surface area contributed by atoms with Gasteiger partial charge >= 0.3 is 0 Å². The van der Waals surface area contributed by atoms with E-state index >= 15 is 0 Å². The van der Waals surface area contributed by atoms with Gasteiger partial charge in [-0.05, 0) is 55.5 Å². The third-order valence-electron chi connectivity index (χ3n) is 8.07. The standard InChI is InChI=1S/C34H39ClN6O4/c1-3-30-27(33(39-25-12-14-45-15-13-25)28-20-38-41(4-2)34(28)40-30)19-37-32(44)11-10-31(43)36-18-22-8-9-29(35)26(17-22)24-7-5-6-23(16-24)21-42/h5-9,16-17,20-21,25H,3-4,10-15,18-19H2,1-2H3,(H,36,43)(H,37,44)(H,39,40). The van der Waals surface area contributed by atoms with E-state index in [1.165, 1.54) is 0 Å². The molecule has 0 atom stereocenters. The molecule has 1 fully saturated rings. The van der Waals surface area contributed by atoms with Gasteiger partial charge in [0.05, 0.1) is 17.3 Å². The van der Waals surface area contributed by atoms with Crippen LogP contribution in [0.25, 0.3) is 22.2 Å². The molecule has 4 aromatic rings. The van der Waals surface area contributed by atoms with E-state index in [1.807, 2.05) is 36.0 Å². The fourth-order valence-electron chi connectivity index (χ4n) is 5.58. The van der Waals surface area contributed by atoms with Crippen LogP contribution in [0.15, 0.2) is 48.7 Å². The molecule has 0 radical (unpaired) electrons. The number of rotatable bonds is 13. The minimum Gasteiger partial charge on any atom is -0.381 e. The molecule has 0 bridgehead atoms. The molecule has 2 amide bonds. The van der Waals surface area contributed by atoms with Crippen molar-refractivity contribution in [1.82, 2.24) is 25.4 Å². The minimum absolute atomic E-state index is 0.0576. The molecular weight excluding hydrogens is 592 g/mol. The van der Waals surface area contributed by atoms with Crippen molar-refractivity contribution in [1.29, 1.82) is 0 Å². The van der Waals surface area contributed by atoms with Gasteiger partial charge in [-0.3, -0.25) is 14.4 Å². The first-order valence-corrected chi connectivity index (χ1v) is 15.9. The van der Waals surface area contributed by atoms with Gasteiger partial charge in [0.1, 0.15) is 6.29 Å². The highest BCUT2D eigenvalue weighted by Crippen LogP contribution is 2.32. The van der Waals surface area contributed by atoms with E-state index in [9.17, 15) is 14.4 Å². The van der Waals surface area contributed by atoms with Crippen molar-refractivity contribution in [2.24, 2.45) is 0 Å². The Balaban J connectivity index is 1.20. The fraction of sp³-hybridized carbons (Fsp3) is 0.382. The number of aldehydes is 1. The summed E-state index contributed by atoms with van der Waals surface area (Å²) in [5, 5.41) is 15.7. The Morgan fingerprint density at radius 1 is 1.04 bits per heavy atom. The molecule has 10 nitrogen and oxygen atoms in total. The maximum absolute atomic E-state index is 12.9. The van der Waals surface area contributed by atoms with Crippen molar-refractivity contribution in [3.05, 3.63) is 76.1 Å². The first kappa shape index (κ1) is 32.1. The van der Waals surface area contributed by atoms with Crippen LogP contribution < -0.4 is 16.0 Å². The van der Waals surface area contributed by atoms with Crippen LogP contribution in [0, 0.1) is 0 Å². The molecule has 2 aromatic carbocycles. The molecule has 1 saturated heterocycles. The second kappa shape index (κ2) is 15.1. The van der Waals surface area contributed by atoms with Crippen molar-refractivity contribution >= 4 is 46.4 Å². The number of amides is 2. The lowest BCUT2D eigenvalue weighted by Crippen LogP contribution is -2.30. The lowest BCUT2D eigenvalue weighted by molar-refractivity contribution is -0.126. The molecule has 2 aromatic heterocycles. The van der Waals surface area contributed by atoms with Crippen LogP contribution in [-0.2, 0) is 40.4 Å². The number of benzene rings is 2. The van der Waals surface area contributed by atoms with Gasteiger partial charge in [0, 0.05) is 79.1 Å². The van der Waals surface area contributed by atoms with Crippen molar-refractivity contribution < 1.29 is 19.1 Å². The maximum Gasteiger partial charge on any atom is 0.220 e. The number of fused-ring (bicyclic) bond motifs is 1. The molecule has 1 aliphatic rings. The number of nitrogens with one attached hydrogen (secondary N) is 3. The zero-order valence-electron chi connectivity index (χ0n) is 25.7. The summed E-state index contributed by atoms with van der Waals surface area (Å²) in [5.41, 5.74) is 6.66. The van der Waals surface area contributed by atoms with Gasteiger partial charge in [-0.2, -0.15) is 5.10 Å². The molecule has 0 aliphatic carbocycles. The van der Waals surface area contributed by atoms with Gasteiger partial charge in [-0.25, -0.2) is 9.67 Å². The van der Waals surface area contributed by atoms with Gasteiger partial charge in [0.25, 0.3) is 0 Å². The van der Waals surface area contributed by atoms with Crippen LogP contribution in [0.4, 0.5) is 5.69 Å². The van der Waals surface area contributed by atoms with E-state index in [0.717, 1.165) is 63.8 Å². The average molecular weight is 631 g/mol. The Kier molecular flexibility index (Phi) is 10.8. The SMILES string of the molecule is CCc1nc2c(cnn2CC)c(NC2CCOCC2)c1CNC(=O)CCC(=O)NCc1ccc(Cl)c(-c2cccc(C=O)c2)c1. The Labute approximate surface area is 267 Å². The number of hydrogen-bond donors (Lipinski definition) is 3. The third-order valence-corrected chi connectivity index (χ3v) is 8.40. The van der Waals surface area contributed by atoms with Crippen LogP contribution in [0.3, 0.4) is 0 Å². The summed E-state index contributed by atoms with van der Waals surface area (Å²) in [7, 11) is 0. The molecular formula is C34H39ClN6O4. The highest BCUT2D eigenvalue weighted by atomic mass is 35.5. The van der Waals surface area contributed by atoms with E-state index in [2.05, 4.69) is 28.0 Å². The lowest BCUT2D eigenvalue weighted by atomic mass is 10.0. The molecule has 3 heterocycles. The second-order valence-corrected chi connectivity index (χ2v) is 11.5. The van der Waals surface area contributed by atoms with Crippen molar-refractivity contribution in [3.8, 4) is 11.1 Å². The number of ether oxygens (including phenoxy) is 1. The van der Waals surface area contributed by atoms with Crippen molar-refractivity contribution in [2.75, 3.05) is 18.5 Å². The van der Waals surface area contributed by atoms with E-state index in [0.29, 0.717) is 43.3 Å². The van der Waals surface area contributed by atoms with Gasteiger partial charge in [-0.15, -0.1) is 0 Å². The average Bonchev–Trinajstić information content (AvgIpc) is 3.49. The summed E-state index contributed by atoms with van der Waals surface area (Å²) < 4.78 is 7.44. The monoisotopic (exact) mass is 630 g/mol. The molecule has 0 spiro atoms. The number of aryl methyl sites for hydroxylation is 2. The number of carbonyl (C=O) groups is 3. The van der Waals surface area contributed by atoms with E-state index in [1.54, 1.807) is 24.3 Å². The molecule has 0 unspecified atom stereocenters. The second-order valence-electron chi connectivity index (χ2n) is 11.1. The zero-order chi connectivity index (χ0) is 31.8. The van der Waals surface area contributed by atoms with E-state index in [-0.39, 0.29) is 37.2 Å². The zero-order valence-corrected chi connectivity index (χ0v) is 26.5. The van der Waals surface area contributed by atoms with Gasteiger partial charge in [0.15, 0.2) is 5.65 Å². The van der Waals surface area contributed by atoms with Gasteiger partial charge < -0.3 is 20.7 Å². The molecule has 45 heavy (non-hydrogen) atoms. The molecule has 11 heteroatoms. The number of pyridine rings is 1. The summed E-state index contributed by atoms with van der Waals surface area (Å²) in [6.45, 7) is 6.82. The minimum atomic E-state index is -0.226. The Morgan fingerprint density at radius 2 is 1.80 bits per heavy atom. The highest BCUT2D eigenvalue weighted by molar-refractivity contribution is 6.33. The molecule has 3 N–H and O–H groups in total. The van der Waals surface area contributed by atoms with E-state index in [4.69, 9.17) is 21.3 Å². The number of aromatic nitrogens is 3. The Bertz CT molecular complexity index is 1680. The molecule has 236 valence electrons. The number of carbonyl (C=O) groups excluding carboxylic acids is 3. The van der Waals surface area contributed by atoms with Crippen molar-refractivity contribution in [2.45, 2.75) is 71.6 Å². The number of halogens is 1. The molecule has 1 aliphatic heterocycles. The quantitative estimate of drug-likeness (QED) is 0.168. The summed E-state index contributed by atoms with van der Waals surface area (Å²) in [4.78, 5) is 41.7. The first-order chi connectivity index (χ1) is 21.9. The van der Waals surface area contributed by atoms with Crippen LogP contribution in [0.1, 0.15) is 66.7 Å². The van der Waals surface area contributed by atoms with E-state index < -0.39 is 0 Å². The van der Waals surface area contributed by atoms with Crippen molar-refractivity contribution in [3.63, 3.8) is 0 Å². The van der Waals surface area contributed by atoms with Crippen LogP contribution >= 0.6 is 11.6 Å². The normalized spacial score (nSPS) is 13.5. The summed E-state index contributed by atoms with van der Waals surface area (Å²) in [6.07, 6.45) is 5.26. The van der Waals surface area contributed by atoms with Crippen LogP contribution in [0.2, 0.25) is 5.02 Å². The predicted molar refractivity (Wildman–Crippen MR) is 175 cm³/mol. The van der Waals surface area contributed by atoms with Gasteiger partial charge in [-0.1, -0.05) is 42.8 Å². The topological polar surface area (TPSA) is 127 Å². The molecule has 0 saturated carbocycles. The third kappa shape index (κ3) is 7.87. The van der Waals surface area contributed by atoms with Gasteiger partial charge in [0.2, 0.25) is 11.8 Å². The smallest absolute Gasteiger partial charge is 0.220 e. The first-order valence-electron chi connectivity index (χ1n) is 15.5. The fourth-order valence-corrected chi connectivity index (χ4v) is 5.80. The number of nitrogens with zero attached hydrogens (tertiary/aromatic N) is 3. The van der Waals surface area contributed by atoms with Crippen LogP contribution in [0.5, 0.6) is 0 Å². The summed E-state index contributed by atoms with van der Waals surface area (Å²) >= 11 is 6.42. The molecule has 5 rings (SSSR count). The Hall–Kier alpha value is -4.28. The largest absolute Gasteiger partial charge is 0.381 e. The number of anilines is 1. The lowest BCUT2D eigenvalue weighted by Gasteiger charge is -2.26. The maximum atomic E-state index is 12.9. The predicted octanol–water partition coefficient (Wildman–Crippen LogP) is 5.45. The summed E-state index contributed by atoms with van der Waals surface area (Å²) in [5.74, 6) is -0.437.